The van der Waals surface area contributed by atoms with Gasteiger partial charge in [0, 0.05) is 22.5 Å². The Labute approximate surface area is 168 Å². The minimum atomic E-state index is -3.84. The van der Waals surface area contributed by atoms with E-state index in [0.29, 0.717) is 10.7 Å². The number of carbonyl (C=O) groups is 1. The Morgan fingerprint density at radius 1 is 1.07 bits per heavy atom. The van der Waals surface area contributed by atoms with Gasteiger partial charge < -0.3 is 5.32 Å². The Bertz CT molecular complexity index is 1100. The van der Waals surface area contributed by atoms with Crippen molar-refractivity contribution in [1.82, 2.24) is 10.3 Å². The summed E-state index contributed by atoms with van der Waals surface area (Å²) in [6, 6.07) is 15.9. The summed E-state index contributed by atoms with van der Waals surface area (Å²) in [5.41, 5.74) is 2.34. The number of carbonyl (C=O) groups excluding carboxylic acids is 1. The van der Waals surface area contributed by atoms with Crippen molar-refractivity contribution >= 4 is 33.2 Å². The van der Waals surface area contributed by atoms with E-state index in [4.69, 9.17) is 11.6 Å². The number of anilines is 1. The number of rotatable bonds is 6. The average molecular weight is 416 g/mol. The highest BCUT2D eigenvalue weighted by Gasteiger charge is 2.16. The Hall–Kier alpha value is -2.90. The molecule has 0 fully saturated rings. The molecule has 144 valence electrons. The van der Waals surface area contributed by atoms with Crippen LogP contribution in [0.3, 0.4) is 0 Å². The third kappa shape index (κ3) is 4.88. The van der Waals surface area contributed by atoms with Gasteiger partial charge in [-0.2, -0.15) is 0 Å². The maximum absolute atomic E-state index is 12.6. The maximum Gasteiger partial charge on any atom is 0.261 e. The lowest BCUT2D eigenvalue weighted by atomic mass is 10.2. The van der Waals surface area contributed by atoms with Crippen LogP contribution in [0.25, 0.3) is 0 Å². The normalized spacial score (nSPS) is 11.1. The van der Waals surface area contributed by atoms with Crippen LogP contribution in [-0.2, 0) is 16.6 Å². The molecule has 2 N–H and O–H groups in total. The molecule has 0 aliphatic carbocycles. The fourth-order valence-corrected chi connectivity index (χ4v) is 3.74. The molecule has 2 aromatic carbocycles. The molecule has 0 aliphatic rings. The first kappa shape index (κ1) is 19.9. The number of hydrogen-bond donors (Lipinski definition) is 2. The molecule has 0 spiro atoms. The second kappa shape index (κ2) is 8.41. The van der Waals surface area contributed by atoms with Gasteiger partial charge in [-0.05, 0) is 61.0 Å². The zero-order chi connectivity index (χ0) is 20.1. The topological polar surface area (TPSA) is 88.2 Å². The summed E-state index contributed by atoms with van der Waals surface area (Å²) in [5, 5.41) is 3.26. The van der Waals surface area contributed by atoms with Crippen LogP contribution in [0.4, 0.5) is 5.69 Å². The van der Waals surface area contributed by atoms with Crippen LogP contribution < -0.4 is 10.0 Å². The lowest BCUT2D eigenvalue weighted by Crippen LogP contribution is -2.24. The van der Waals surface area contributed by atoms with Crippen LogP contribution in [0.15, 0.2) is 71.8 Å². The monoisotopic (exact) mass is 415 g/mol. The Balaban J connectivity index is 1.74. The third-order valence-electron chi connectivity index (χ3n) is 4.04. The van der Waals surface area contributed by atoms with Crippen molar-refractivity contribution in [3.63, 3.8) is 0 Å². The number of sulfonamides is 1. The second-order valence-electron chi connectivity index (χ2n) is 6.09. The van der Waals surface area contributed by atoms with Crippen LogP contribution in [0.1, 0.15) is 21.6 Å². The van der Waals surface area contributed by atoms with Crippen molar-refractivity contribution in [1.29, 1.82) is 0 Å². The molecule has 0 radical (unpaired) electrons. The summed E-state index contributed by atoms with van der Waals surface area (Å²) in [6.45, 7) is 2.16. The van der Waals surface area contributed by atoms with Crippen molar-refractivity contribution in [2.24, 2.45) is 0 Å². The average Bonchev–Trinajstić information content (AvgIpc) is 2.69. The molecule has 0 saturated carbocycles. The molecule has 0 unspecified atom stereocenters. The van der Waals surface area contributed by atoms with Crippen LogP contribution >= 0.6 is 11.6 Å². The van der Waals surface area contributed by atoms with E-state index in [-0.39, 0.29) is 22.9 Å². The zero-order valence-electron chi connectivity index (χ0n) is 15.0. The smallest absolute Gasteiger partial charge is 0.261 e. The summed E-state index contributed by atoms with van der Waals surface area (Å²) >= 11 is 5.81. The molecule has 3 rings (SSSR count). The van der Waals surface area contributed by atoms with Crippen LogP contribution in [0, 0.1) is 6.92 Å². The molecular formula is C20H18ClN3O3S. The van der Waals surface area contributed by atoms with E-state index in [9.17, 15) is 13.2 Å². The van der Waals surface area contributed by atoms with Crippen LogP contribution in [-0.4, -0.2) is 19.3 Å². The first-order chi connectivity index (χ1) is 13.3. The molecule has 1 amide bonds. The Morgan fingerprint density at radius 2 is 1.82 bits per heavy atom. The van der Waals surface area contributed by atoms with E-state index in [0.717, 1.165) is 11.3 Å². The number of halogens is 1. The predicted octanol–water partition coefficient (Wildman–Crippen LogP) is 3.77. The van der Waals surface area contributed by atoms with E-state index >= 15 is 0 Å². The van der Waals surface area contributed by atoms with Gasteiger partial charge in [-0.3, -0.25) is 14.5 Å². The lowest BCUT2D eigenvalue weighted by Gasteiger charge is -2.10. The van der Waals surface area contributed by atoms with Gasteiger partial charge in [-0.25, -0.2) is 8.42 Å². The highest BCUT2D eigenvalue weighted by atomic mass is 35.5. The summed E-state index contributed by atoms with van der Waals surface area (Å²) in [4.78, 5) is 16.6. The summed E-state index contributed by atoms with van der Waals surface area (Å²) < 4.78 is 27.7. The van der Waals surface area contributed by atoms with Gasteiger partial charge in [0.2, 0.25) is 0 Å². The largest absolute Gasteiger partial charge is 0.346 e. The first-order valence-electron chi connectivity index (χ1n) is 8.42. The molecule has 8 heteroatoms. The number of hydrogen-bond acceptors (Lipinski definition) is 4. The SMILES string of the molecule is Cc1cccnc1CNC(=O)c1cccc(S(=O)(=O)Nc2ccc(Cl)cc2)c1. The molecule has 3 aromatic rings. The van der Waals surface area contributed by atoms with Gasteiger partial charge in [0.15, 0.2) is 0 Å². The summed E-state index contributed by atoms with van der Waals surface area (Å²) in [7, 11) is -3.84. The molecule has 28 heavy (non-hydrogen) atoms. The molecular weight excluding hydrogens is 398 g/mol. The van der Waals surface area contributed by atoms with E-state index in [2.05, 4.69) is 15.0 Å². The number of benzene rings is 2. The van der Waals surface area contributed by atoms with E-state index in [1.165, 1.54) is 18.2 Å². The molecule has 0 atom stereocenters. The highest BCUT2D eigenvalue weighted by Crippen LogP contribution is 2.19. The number of aromatic nitrogens is 1. The van der Waals surface area contributed by atoms with Crippen molar-refractivity contribution < 1.29 is 13.2 Å². The lowest BCUT2D eigenvalue weighted by molar-refractivity contribution is 0.0950. The van der Waals surface area contributed by atoms with E-state index in [1.807, 2.05) is 19.1 Å². The van der Waals surface area contributed by atoms with Crippen molar-refractivity contribution in [2.45, 2.75) is 18.4 Å². The molecule has 6 nitrogen and oxygen atoms in total. The number of pyridine rings is 1. The zero-order valence-corrected chi connectivity index (χ0v) is 16.6. The fourth-order valence-electron chi connectivity index (χ4n) is 2.51. The van der Waals surface area contributed by atoms with Gasteiger partial charge >= 0.3 is 0 Å². The van der Waals surface area contributed by atoms with Crippen LogP contribution in [0.5, 0.6) is 0 Å². The Morgan fingerprint density at radius 3 is 2.54 bits per heavy atom. The highest BCUT2D eigenvalue weighted by molar-refractivity contribution is 7.92. The van der Waals surface area contributed by atoms with Gasteiger partial charge in [0.25, 0.3) is 15.9 Å². The van der Waals surface area contributed by atoms with Gasteiger partial charge in [0.1, 0.15) is 0 Å². The summed E-state index contributed by atoms with van der Waals surface area (Å²) in [5.74, 6) is -0.381. The predicted molar refractivity (Wildman–Crippen MR) is 109 cm³/mol. The van der Waals surface area contributed by atoms with Gasteiger partial charge in [-0.15, -0.1) is 0 Å². The van der Waals surface area contributed by atoms with Crippen molar-refractivity contribution in [3.8, 4) is 0 Å². The maximum atomic E-state index is 12.6. The fraction of sp³-hybridized carbons (Fsp3) is 0.100. The van der Waals surface area contributed by atoms with Gasteiger partial charge in [0.05, 0.1) is 17.1 Å². The van der Waals surface area contributed by atoms with Crippen molar-refractivity contribution in [2.75, 3.05) is 4.72 Å². The first-order valence-corrected chi connectivity index (χ1v) is 10.3. The minimum Gasteiger partial charge on any atom is -0.346 e. The summed E-state index contributed by atoms with van der Waals surface area (Å²) in [6.07, 6.45) is 1.66. The van der Waals surface area contributed by atoms with Crippen molar-refractivity contribution in [3.05, 3.63) is 88.7 Å². The van der Waals surface area contributed by atoms with Crippen LogP contribution in [0.2, 0.25) is 5.02 Å². The van der Waals surface area contributed by atoms with Gasteiger partial charge in [-0.1, -0.05) is 23.7 Å². The molecule has 1 heterocycles. The third-order valence-corrected chi connectivity index (χ3v) is 5.67. The number of nitrogens with zero attached hydrogens (tertiary/aromatic N) is 1. The molecule has 1 aromatic heterocycles. The van der Waals surface area contributed by atoms with E-state index < -0.39 is 10.0 Å². The molecule has 0 bridgehead atoms. The number of aryl methyl sites for hydroxylation is 1. The minimum absolute atomic E-state index is 0.0101. The molecule has 0 aliphatic heterocycles. The quantitative estimate of drug-likeness (QED) is 0.641. The molecule has 0 saturated heterocycles. The Kier molecular flexibility index (Phi) is 5.96. The standard InChI is InChI=1S/C20H18ClN3O3S/c1-14-4-3-11-22-19(14)13-23-20(25)15-5-2-6-18(12-15)28(26,27)24-17-9-7-16(21)8-10-17/h2-12,24H,13H2,1H3,(H,23,25). The van der Waals surface area contributed by atoms with E-state index in [1.54, 1.807) is 36.5 Å². The second-order valence-corrected chi connectivity index (χ2v) is 8.21. The number of amides is 1. The number of nitrogens with one attached hydrogen (secondary N) is 2.